The molecule has 0 unspecified atom stereocenters. The average molecular weight is 370 g/mol. The van der Waals surface area contributed by atoms with E-state index in [2.05, 4.69) is 20.8 Å². The SMILES string of the molecule is CCCCCCCCCCCCC.CCCCCCCCCCCCN. The molecule has 1 heteroatoms. The molecule has 2 N–H and O–H groups in total. The Morgan fingerprint density at radius 2 is 0.500 bits per heavy atom. The fraction of sp³-hybridized carbons (Fsp3) is 1.00. The highest BCUT2D eigenvalue weighted by Crippen LogP contribution is 2.11. The normalized spacial score (nSPS) is 10.6. The van der Waals surface area contributed by atoms with Crippen LogP contribution in [0.5, 0.6) is 0 Å². The lowest BCUT2D eigenvalue weighted by atomic mass is 10.1. The number of hydrogen-bond donors (Lipinski definition) is 1. The van der Waals surface area contributed by atoms with E-state index < -0.39 is 0 Å². The van der Waals surface area contributed by atoms with Gasteiger partial charge in [-0.25, -0.2) is 0 Å². The molecular weight excluding hydrogens is 314 g/mol. The highest BCUT2D eigenvalue weighted by Gasteiger charge is 1.92. The third-order valence-corrected chi connectivity index (χ3v) is 5.26. The molecule has 1 nitrogen and oxygen atoms in total. The van der Waals surface area contributed by atoms with Gasteiger partial charge in [-0.15, -0.1) is 0 Å². The van der Waals surface area contributed by atoms with Crippen LogP contribution in [0.25, 0.3) is 0 Å². The van der Waals surface area contributed by atoms with Crippen molar-refractivity contribution in [2.45, 2.75) is 156 Å². The number of hydrogen-bond acceptors (Lipinski definition) is 1. The molecule has 0 aromatic heterocycles. The zero-order valence-electron chi connectivity index (χ0n) is 19.1. The van der Waals surface area contributed by atoms with Gasteiger partial charge < -0.3 is 5.73 Å². The van der Waals surface area contributed by atoms with Crippen LogP contribution in [0, 0.1) is 0 Å². The van der Waals surface area contributed by atoms with Crippen LogP contribution in [0.2, 0.25) is 0 Å². The minimum Gasteiger partial charge on any atom is -0.330 e. The van der Waals surface area contributed by atoms with Crippen molar-refractivity contribution in [1.29, 1.82) is 0 Å². The van der Waals surface area contributed by atoms with Crippen molar-refractivity contribution in [3.8, 4) is 0 Å². The van der Waals surface area contributed by atoms with Crippen molar-refractivity contribution >= 4 is 0 Å². The third kappa shape index (κ3) is 31.7. The summed E-state index contributed by atoms with van der Waals surface area (Å²) in [7, 11) is 0. The summed E-state index contributed by atoms with van der Waals surface area (Å²) in [5.74, 6) is 0. The minimum absolute atomic E-state index is 0.872. The molecule has 0 amide bonds. The molecule has 0 saturated heterocycles. The second-order valence-corrected chi connectivity index (χ2v) is 8.15. The monoisotopic (exact) mass is 369 g/mol. The summed E-state index contributed by atoms with van der Waals surface area (Å²) in [5, 5.41) is 0. The van der Waals surface area contributed by atoms with Crippen molar-refractivity contribution in [2.24, 2.45) is 5.73 Å². The maximum absolute atomic E-state index is 5.42. The Bertz CT molecular complexity index is 160. The van der Waals surface area contributed by atoms with Gasteiger partial charge in [0.25, 0.3) is 0 Å². The van der Waals surface area contributed by atoms with Gasteiger partial charge in [-0.1, -0.05) is 149 Å². The summed E-state index contributed by atoms with van der Waals surface area (Å²) in [4.78, 5) is 0. The largest absolute Gasteiger partial charge is 0.330 e. The van der Waals surface area contributed by atoms with E-state index in [4.69, 9.17) is 5.73 Å². The first-order chi connectivity index (χ1) is 12.8. The Balaban J connectivity index is 0. The van der Waals surface area contributed by atoms with Crippen LogP contribution in [0.15, 0.2) is 0 Å². The Hall–Kier alpha value is -0.0400. The zero-order chi connectivity index (χ0) is 19.6. The molecule has 0 aliphatic rings. The average Bonchev–Trinajstić information content (AvgIpc) is 2.66. The van der Waals surface area contributed by atoms with Crippen LogP contribution in [0.1, 0.15) is 156 Å². The van der Waals surface area contributed by atoms with Gasteiger partial charge in [-0.3, -0.25) is 0 Å². The topological polar surface area (TPSA) is 26.0 Å². The molecule has 0 heterocycles. The Labute approximate surface area is 168 Å². The van der Waals surface area contributed by atoms with Gasteiger partial charge in [-0.05, 0) is 13.0 Å². The lowest BCUT2D eigenvalue weighted by molar-refractivity contribution is 0.554. The standard InChI is InChI=1S/C13H28.C12H27N/c1-3-5-7-9-11-13-12-10-8-6-4-2;1-2-3-4-5-6-7-8-9-10-11-12-13/h3-13H2,1-2H3;2-13H2,1H3. The maximum atomic E-state index is 5.42. The molecule has 0 spiro atoms. The lowest BCUT2D eigenvalue weighted by Crippen LogP contribution is -1.97. The number of unbranched alkanes of at least 4 members (excludes halogenated alkanes) is 19. The Morgan fingerprint density at radius 3 is 0.692 bits per heavy atom. The summed E-state index contributed by atoms with van der Waals surface area (Å²) < 4.78 is 0. The molecule has 0 bridgehead atoms. The first-order valence-corrected chi connectivity index (χ1v) is 12.5. The van der Waals surface area contributed by atoms with Crippen LogP contribution < -0.4 is 5.73 Å². The van der Waals surface area contributed by atoms with E-state index in [1.165, 1.54) is 135 Å². The molecule has 160 valence electrons. The van der Waals surface area contributed by atoms with Gasteiger partial charge in [0, 0.05) is 0 Å². The van der Waals surface area contributed by atoms with Crippen LogP contribution in [-0.4, -0.2) is 6.54 Å². The van der Waals surface area contributed by atoms with Crippen LogP contribution in [0.3, 0.4) is 0 Å². The summed E-state index contributed by atoms with van der Waals surface area (Å²) in [6, 6.07) is 0. The first kappa shape index (κ1) is 28.2. The van der Waals surface area contributed by atoms with Gasteiger partial charge >= 0.3 is 0 Å². The van der Waals surface area contributed by atoms with Crippen molar-refractivity contribution < 1.29 is 0 Å². The van der Waals surface area contributed by atoms with E-state index in [-0.39, 0.29) is 0 Å². The van der Waals surface area contributed by atoms with E-state index in [9.17, 15) is 0 Å². The van der Waals surface area contributed by atoms with E-state index in [1.54, 1.807) is 0 Å². The Morgan fingerprint density at radius 1 is 0.308 bits per heavy atom. The smallest absolute Gasteiger partial charge is 0.00773 e. The molecule has 0 saturated carbocycles. The highest BCUT2D eigenvalue weighted by atomic mass is 14.5. The quantitative estimate of drug-likeness (QED) is 0.213. The van der Waals surface area contributed by atoms with Gasteiger partial charge in [0.15, 0.2) is 0 Å². The summed E-state index contributed by atoms with van der Waals surface area (Å²) in [6.45, 7) is 7.71. The van der Waals surface area contributed by atoms with Crippen molar-refractivity contribution in [2.75, 3.05) is 6.54 Å². The molecular formula is C25H55N. The second-order valence-electron chi connectivity index (χ2n) is 8.15. The zero-order valence-corrected chi connectivity index (χ0v) is 19.1. The number of rotatable bonds is 20. The van der Waals surface area contributed by atoms with Gasteiger partial charge in [0.1, 0.15) is 0 Å². The van der Waals surface area contributed by atoms with Crippen LogP contribution in [-0.2, 0) is 0 Å². The lowest BCUT2D eigenvalue weighted by Gasteiger charge is -2.00. The van der Waals surface area contributed by atoms with Crippen molar-refractivity contribution in [3.05, 3.63) is 0 Å². The van der Waals surface area contributed by atoms with Crippen LogP contribution in [0.4, 0.5) is 0 Å². The van der Waals surface area contributed by atoms with E-state index in [0.29, 0.717) is 0 Å². The van der Waals surface area contributed by atoms with E-state index in [0.717, 1.165) is 6.54 Å². The predicted octanol–water partition coefficient (Wildman–Crippen LogP) is 9.18. The molecule has 26 heavy (non-hydrogen) atoms. The molecule has 0 aromatic carbocycles. The number of nitrogens with two attached hydrogens (primary N) is 1. The van der Waals surface area contributed by atoms with E-state index in [1.807, 2.05) is 0 Å². The first-order valence-electron chi connectivity index (χ1n) is 12.5. The van der Waals surface area contributed by atoms with Gasteiger partial charge in [0.2, 0.25) is 0 Å². The van der Waals surface area contributed by atoms with Crippen molar-refractivity contribution in [3.63, 3.8) is 0 Å². The second kappa shape index (κ2) is 29.7. The van der Waals surface area contributed by atoms with Gasteiger partial charge in [0.05, 0.1) is 0 Å². The molecule has 0 atom stereocenters. The molecule has 0 aromatic rings. The maximum Gasteiger partial charge on any atom is -0.00773 e. The fourth-order valence-electron chi connectivity index (χ4n) is 3.37. The summed E-state index contributed by atoms with van der Waals surface area (Å²) >= 11 is 0. The molecule has 0 radical (unpaired) electrons. The molecule has 0 aliphatic carbocycles. The fourth-order valence-corrected chi connectivity index (χ4v) is 3.37. The summed E-state index contributed by atoms with van der Waals surface area (Å²) in [6.07, 6.45) is 29.9. The minimum atomic E-state index is 0.872. The Kier molecular flexibility index (Phi) is 32.2. The van der Waals surface area contributed by atoms with Gasteiger partial charge in [-0.2, -0.15) is 0 Å². The predicted molar refractivity (Wildman–Crippen MR) is 123 cm³/mol. The summed E-state index contributed by atoms with van der Waals surface area (Å²) in [5.41, 5.74) is 5.42. The van der Waals surface area contributed by atoms with Crippen LogP contribution >= 0.6 is 0 Å². The molecule has 0 rings (SSSR count). The molecule has 0 aliphatic heterocycles. The van der Waals surface area contributed by atoms with Crippen molar-refractivity contribution in [1.82, 2.24) is 0 Å². The van der Waals surface area contributed by atoms with E-state index >= 15 is 0 Å². The molecule has 0 fully saturated rings. The third-order valence-electron chi connectivity index (χ3n) is 5.26. The highest BCUT2D eigenvalue weighted by molar-refractivity contribution is 4.48.